The predicted octanol–water partition coefficient (Wildman–Crippen LogP) is 3.85. The highest BCUT2D eigenvalue weighted by atomic mass is 35.5. The Morgan fingerprint density at radius 2 is 2.03 bits per heavy atom. The van der Waals surface area contributed by atoms with Gasteiger partial charge < -0.3 is 18.9 Å². The van der Waals surface area contributed by atoms with Crippen LogP contribution < -0.4 is 9.47 Å². The second-order valence-electron chi connectivity index (χ2n) is 6.72. The van der Waals surface area contributed by atoms with Gasteiger partial charge in [0, 0.05) is 17.2 Å². The van der Waals surface area contributed by atoms with Gasteiger partial charge >= 0.3 is 11.9 Å². The van der Waals surface area contributed by atoms with E-state index in [1.807, 2.05) is 0 Å². The Hall–Kier alpha value is -3.92. The Bertz CT molecular complexity index is 1190. The molecule has 11 heteroatoms. The molecule has 1 heterocycles. The topological polar surface area (TPSA) is 127 Å². The number of nitrogens with zero attached hydrogens (tertiary/aromatic N) is 2. The lowest BCUT2D eigenvalue weighted by atomic mass is 10.1. The van der Waals surface area contributed by atoms with E-state index < -0.39 is 16.9 Å². The van der Waals surface area contributed by atoms with Gasteiger partial charge in [0.1, 0.15) is 0 Å². The van der Waals surface area contributed by atoms with E-state index in [0.29, 0.717) is 23.3 Å². The number of aryl methyl sites for hydroxylation is 1. The summed E-state index contributed by atoms with van der Waals surface area (Å²) in [5.41, 5.74) is 1.26. The van der Waals surface area contributed by atoms with Crippen LogP contribution in [0.25, 0.3) is 6.08 Å². The average Bonchev–Trinajstić information content (AvgIpc) is 3.13. The number of nitro benzene ring substituents is 1. The molecule has 0 aromatic heterocycles. The fourth-order valence-corrected chi connectivity index (χ4v) is 3.22. The van der Waals surface area contributed by atoms with E-state index >= 15 is 0 Å². The molecule has 2 aromatic rings. The Morgan fingerprint density at radius 1 is 1.27 bits per heavy atom. The Morgan fingerprint density at radius 3 is 2.67 bits per heavy atom. The Labute approximate surface area is 193 Å². The van der Waals surface area contributed by atoms with Crippen molar-refractivity contribution >= 4 is 41.2 Å². The molecule has 172 valence electrons. The lowest BCUT2D eigenvalue weighted by molar-refractivity contribution is -0.385. The van der Waals surface area contributed by atoms with Gasteiger partial charge in [-0.2, -0.15) is 0 Å². The molecule has 0 saturated heterocycles. The minimum absolute atomic E-state index is 0.00255. The van der Waals surface area contributed by atoms with Crippen LogP contribution in [-0.4, -0.2) is 43.1 Å². The minimum Gasteiger partial charge on any atom is -0.490 e. The number of hydrogen-bond acceptors (Lipinski definition) is 9. The zero-order chi connectivity index (χ0) is 24.1. The Kier molecular flexibility index (Phi) is 7.29. The lowest BCUT2D eigenvalue weighted by Crippen LogP contribution is -2.13. The first kappa shape index (κ1) is 23.7. The normalized spacial score (nSPS) is 14.0. The van der Waals surface area contributed by atoms with Crippen LogP contribution in [0.5, 0.6) is 11.5 Å². The van der Waals surface area contributed by atoms with Gasteiger partial charge in [-0.15, -0.1) is 0 Å². The standard InChI is InChI=1S/C22H19ClN2O8/c1-4-31-18-10-13(8-15(23)20(18)32-11-19(26)30-3)9-16-22(27)33-21(24-16)14-5-6-17(25(28)29)12(2)7-14/h5-10H,4,11H2,1-3H3/b16-9-. The number of cyclic esters (lactones) is 1. The minimum atomic E-state index is -0.693. The third-order valence-electron chi connectivity index (χ3n) is 4.46. The summed E-state index contributed by atoms with van der Waals surface area (Å²) in [7, 11) is 1.24. The van der Waals surface area contributed by atoms with Gasteiger partial charge in [-0.3, -0.25) is 10.1 Å². The van der Waals surface area contributed by atoms with Gasteiger partial charge in [0.2, 0.25) is 5.90 Å². The van der Waals surface area contributed by atoms with Crippen molar-refractivity contribution in [2.24, 2.45) is 4.99 Å². The SMILES string of the molecule is CCOc1cc(/C=C2\N=C(c3ccc([N+](=O)[O-])c(C)c3)OC2=O)cc(Cl)c1OCC(=O)OC. The van der Waals surface area contributed by atoms with Crippen molar-refractivity contribution in [3.63, 3.8) is 0 Å². The third kappa shape index (κ3) is 5.47. The smallest absolute Gasteiger partial charge is 0.363 e. The van der Waals surface area contributed by atoms with Gasteiger partial charge in [-0.25, -0.2) is 14.6 Å². The van der Waals surface area contributed by atoms with Crippen LogP contribution in [0.2, 0.25) is 5.02 Å². The van der Waals surface area contributed by atoms with E-state index in [1.165, 1.54) is 37.5 Å². The number of carbonyl (C=O) groups excluding carboxylic acids is 2. The molecule has 3 rings (SSSR count). The van der Waals surface area contributed by atoms with Gasteiger partial charge in [-0.05, 0) is 49.8 Å². The van der Waals surface area contributed by atoms with Crippen LogP contribution >= 0.6 is 11.6 Å². The number of hydrogen-bond donors (Lipinski definition) is 0. The van der Waals surface area contributed by atoms with E-state index in [2.05, 4.69) is 9.73 Å². The zero-order valence-electron chi connectivity index (χ0n) is 17.9. The van der Waals surface area contributed by atoms with Gasteiger partial charge in [-0.1, -0.05) is 11.6 Å². The molecular weight excluding hydrogens is 456 g/mol. The van der Waals surface area contributed by atoms with E-state index in [-0.39, 0.29) is 40.4 Å². The van der Waals surface area contributed by atoms with Crippen LogP contribution in [0.3, 0.4) is 0 Å². The van der Waals surface area contributed by atoms with Gasteiger partial charge in [0.25, 0.3) is 5.69 Å². The highest BCUT2D eigenvalue weighted by Gasteiger charge is 2.26. The molecule has 0 fully saturated rings. The highest BCUT2D eigenvalue weighted by Crippen LogP contribution is 2.37. The molecule has 0 N–H and O–H groups in total. The Balaban J connectivity index is 1.92. The monoisotopic (exact) mass is 474 g/mol. The number of ether oxygens (including phenoxy) is 4. The zero-order valence-corrected chi connectivity index (χ0v) is 18.7. The molecule has 1 aliphatic heterocycles. The van der Waals surface area contributed by atoms with Gasteiger partial charge in [0.05, 0.1) is 23.7 Å². The molecule has 0 saturated carbocycles. The van der Waals surface area contributed by atoms with Crippen molar-refractivity contribution in [3.8, 4) is 11.5 Å². The van der Waals surface area contributed by atoms with Crippen LogP contribution in [-0.2, 0) is 19.1 Å². The summed E-state index contributed by atoms with van der Waals surface area (Å²) in [6.45, 7) is 3.29. The highest BCUT2D eigenvalue weighted by molar-refractivity contribution is 6.32. The first-order chi connectivity index (χ1) is 15.7. The second-order valence-corrected chi connectivity index (χ2v) is 7.13. The van der Waals surface area contributed by atoms with E-state index in [0.717, 1.165) is 0 Å². The van der Waals surface area contributed by atoms with Crippen LogP contribution in [0.4, 0.5) is 5.69 Å². The fraction of sp³-hybridized carbons (Fsp3) is 0.227. The quantitative estimate of drug-likeness (QED) is 0.244. The summed E-state index contributed by atoms with van der Waals surface area (Å²) < 4.78 is 20.7. The molecular formula is C22H19ClN2O8. The number of rotatable bonds is 8. The summed E-state index contributed by atoms with van der Waals surface area (Å²) in [6.07, 6.45) is 1.45. The van der Waals surface area contributed by atoms with E-state index in [4.69, 9.17) is 25.8 Å². The number of nitro groups is 1. The molecule has 0 unspecified atom stereocenters. The molecule has 0 radical (unpaired) electrons. The second kappa shape index (κ2) is 10.1. The molecule has 0 bridgehead atoms. The summed E-state index contributed by atoms with van der Waals surface area (Å²) in [6, 6.07) is 7.39. The first-order valence-electron chi connectivity index (χ1n) is 9.67. The fourth-order valence-electron chi connectivity index (χ4n) is 2.95. The molecule has 0 atom stereocenters. The number of halogens is 1. The van der Waals surface area contributed by atoms with Crippen molar-refractivity contribution < 1.29 is 33.5 Å². The maximum Gasteiger partial charge on any atom is 0.363 e. The first-order valence-corrected chi connectivity index (χ1v) is 10.0. The lowest BCUT2D eigenvalue weighted by Gasteiger charge is -2.13. The molecule has 0 amide bonds. The van der Waals surface area contributed by atoms with Crippen LogP contribution in [0.15, 0.2) is 41.0 Å². The molecule has 0 aliphatic carbocycles. The predicted molar refractivity (Wildman–Crippen MR) is 119 cm³/mol. The largest absolute Gasteiger partial charge is 0.490 e. The number of esters is 2. The summed E-state index contributed by atoms with van der Waals surface area (Å²) >= 11 is 6.31. The van der Waals surface area contributed by atoms with Crippen molar-refractivity contribution in [1.29, 1.82) is 0 Å². The number of methoxy groups -OCH3 is 1. The van der Waals surface area contributed by atoms with Gasteiger partial charge in [0.15, 0.2) is 23.8 Å². The summed E-state index contributed by atoms with van der Waals surface area (Å²) in [5, 5.41) is 11.2. The van der Waals surface area contributed by atoms with Crippen molar-refractivity contribution in [1.82, 2.24) is 0 Å². The summed E-state index contributed by atoms with van der Waals surface area (Å²) in [5.74, 6) is -0.829. The van der Waals surface area contributed by atoms with E-state index in [9.17, 15) is 19.7 Å². The number of aliphatic imine (C=N–C) groups is 1. The van der Waals surface area contributed by atoms with Crippen LogP contribution in [0.1, 0.15) is 23.6 Å². The summed E-state index contributed by atoms with van der Waals surface area (Å²) in [4.78, 5) is 38.4. The van der Waals surface area contributed by atoms with Crippen molar-refractivity contribution in [2.45, 2.75) is 13.8 Å². The van der Waals surface area contributed by atoms with E-state index in [1.54, 1.807) is 19.9 Å². The van der Waals surface area contributed by atoms with Crippen molar-refractivity contribution in [2.75, 3.05) is 20.3 Å². The van der Waals surface area contributed by atoms with Crippen LogP contribution in [0, 0.1) is 17.0 Å². The maximum atomic E-state index is 12.3. The molecule has 2 aromatic carbocycles. The molecule has 0 spiro atoms. The maximum absolute atomic E-state index is 12.3. The number of carbonyl (C=O) groups is 2. The molecule has 33 heavy (non-hydrogen) atoms. The molecule has 10 nitrogen and oxygen atoms in total. The molecule has 1 aliphatic rings. The third-order valence-corrected chi connectivity index (χ3v) is 4.74. The number of benzene rings is 2. The van der Waals surface area contributed by atoms with Crippen molar-refractivity contribution in [3.05, 3.63) is 67.9 Å². The average molecular weight is 475 g/mol.